The van der Waals surface area contributed by atoms with Gasteiger partial charge in [0.05, 0.1) is 12.6 Å². The SMILES string of the molecule is COc1c(F)cc(C2(N=C=O)CC2)c(C)c1O. The zero-order valence-electron chi connectivity index (χ0n) is 9.58. The second-order valence-corrected chi connectivity index (χ2v) is 4.15. The molecule has 1 saturated carbocycles. The maximum atomic E-state index is 13.7. The van der Waals surface area contributed by atoms with Gasteiger partial charge in [-0.05, 0) is 31.4 Å². The first kappa shape index (κ1) is 11.6. The van der Waals surface area contributed by atoms with Crippen LogP contribution in [-0.2, 0) is 10.3 Å². The van der Waals surface area contributed by atoms with Crippen LogP contribution in [0.15, 0.2) is 11.1 Å². The Bertz CT molecular complexity index is 517. The van der Waals surface area contributed by atoms with Crippen molar-refractivity contribution < 1.29 is 19.0 Å². The highest BCUT2D eigenvalue weighted by atomic mass is 19.1. The molecule has 1 aromatic carbocycles. The van der Waals surface area contributed by atoms with E-state index in [2.05, 4.69) is 4.99 Å². The van der Waals surface area contributed by atoms with E-state index in [1.54, 1.807) is 6.92 Å². The largest absolute Gasteiger partial charge is 0.504 e. The molecule has 1 N–H and O–H groups in total. The number of aliphatic imine (C=N–C) groups is 1. The Balaban J connectivity index is 2.61. The smallest absolute Gasteiger partial charge is 0.235 e. The molecule has 0 bridgehead atoms. The molecule has 1 fully saturated rings. The number of hydrogen-bond donors (Lipinski definition) is 1. The van der Waals surface area contributed by atoms with E-state index in [4.69, 9.17) is 4.74 Å². The predicted octanol–water partition coefficient (Wildman–Crippen LogP) is 2.17. The third kappa shape index (κ3) is 1.68. The number of benzene rings is 1. The first-order chi connectivity index (χ1) is 8.05. The average molecular weight is 237 g/mol. The summed E-state index contributed by atoms with van der Waals surface area (Å²) in [5.74, 6) is -1.08. The van der Waals surface area contributed by atoms with Crippen LogP contribution >= 0.6 is 0 Å². The lowest BCUT2D eigenvalue weighted by molar-refractivity contribution is 0.348. The first-order valence-electron chi connectivity index (χ1n) is 5.21. The van der Waals surface area contributed by atoms with Crippen molar-refractivity contribution in [1.29, 1.82) is 0 Å². The topological polar surface area (TPSA) is 58.9 Å². The number of hydrogen-bond acceptors (Lipinski definition) is 4. The molecular weight excluding hydrogens is 225 g/mol. The molecular formula is C12H12FNO3. The molecule has 0 amide bonds. The van der Waals surface area contributed by atoms with Gasteiger partial charge in [-0.3, -0.25) is 0 Å². The van der Waals surface area contributed by atoms with Gasteiger partial charge in [0.15, 0.2) is 17.3 Å². The van der Waals surface area contributed by atoms with Crippen LogP contribution in [0.1, 0.15) is 24.0 Å². The predicted molar refractivity (Wildman–Crippen MR) is 58.4 cm³/mol. The van der Waals surface area contributed by atoms with Gasteiger partial charge in [0.25, 0.3) is 0 Å². The third-order valence-corrected chi connectivity index (χ3v) is 3.15. The molecule has 0 unspecified atom stereocenters. The first-order valence-corrected chi connectivity index (χ1v) is 5.21. The molecule has 0 heterocycles. The van der Waals surface area contributed by atoms with Gasteiger partial charge < -0.3 is 9.84 Å². The van der Waals surface area contributed by atoms with Crippen LogP contribution in [0.25, 0.3) is 0 Å². The molecule has 17 heavy (non-hydrogen) atoms. The van der Waals surface area contributed by atoms with Crippen LogP contribution in [0.5, 0.6) is 11.5 Å². The Labute approximate surface area is 97.7 Å². The number of isocyanates is 1. The average Bonchev–Trinajstić information content (AvgIpc) is 3.05. The van der Waals surface area contributed by atoms with E-state index >= 15 is 0 Å². The lowest BCUT2D eigenvalue weighted by atomic mass is 9.98. The lowest BCUT2D eigenvalue weighted by Crippen LogP contribution is -2.07. The number of nitrogens with zero attached hydrogens (tertiary/aromatic N) is 1. The van der Waals surface area contributed by atoms with Crippen LogP contribution in [0, 0.1) is 12.7 Å². The minimum atomic E-state index is -0.698. The fraction of sp³-hybridized carbons (Fsp3) is 0.417. The summed E-state index contributed by atoms with van der Waals surface area (Å²) in [4.78, 5) is 14.1. The summed E-state index contributed by atoms with van der Waals surface area (Å²) < 4.78 is 18.4. The van der Waals surface area contributed by atoms with Crippen molar-refractivity contribution in [3.8, 4) is 11.5 Å². The summed E-state index contributed by atoms with van der Waals surface area (Å²) >= 11 is 0. The van der Waals surface area contributed by atoms with Crippen LogP contribution in [-0.4, -0.2) is 18.3 Å². The van der Waals surface area contributed by atoms with Gasteiger partial charge in [-0.25, -0.2) is 9.18 Å². The monoisotopic (exact) mass is 237 g/mol. The minimum absolute atomic E-state index is 0.183. The van der Waals surface area contributed by atoms with E-state index in [1.165, 1.54) is 19.3 Å². The minimum Gasteiger partial charge on any atom is -0.504 e. The molecule has 1 aliphatic rings. The number of rotatable bonds is 3. The van der Waals surface area contributed by atoms with Crippen molar-refractivity contribution in [2.24, 2.45) is 4.99 Å². The van der Waals surface area contributed by atoms with Gasteiger partial charge in [-0.15, -0.1) is 0 Å². The van der Waals surface area contributed by atoms with E-state index < -0.39 is 11.4 Å². The fourth-order valence-corrected chi connectivity index (χ4v) is 2.04. The van der Waals surface area contributed by atoms with E-state index in [0.29, 0.717) is 24.0 Å². The number of ether oxygens (including phenoxy) is 1. The molecule has 0 aromatic heterocycles. The zero-order valence-corrected chi connectivity index (χ0v) is 9.58. The third-order valence-electron chi connectivity index (χ3n) is 3.15. The Morgan fingerprint density at radius 2 is 2.24 bits per heavy atom. The Hall–Kier alpha value is -1.87. The highest BCUT2D eigenvalue weighted by Gasteiger charge is 2.47. The van der Waals surface area contributed by atoms with E-state index in [1.807, 2.05) is 0 Å². The van der Waals surface area contributed by atoms with E-state index in [0.717, 1.165) is 0 Å². The number of phenols is 1. The van der Waals surface area contributed by atoms with Crippen LogP contribution in [0.3, 0.4) is 0 Å². The second-order valence-electron chi connectivity index (χ2n) is 4.15. The molecule has 0 saturated heterocycles. The van der Waals surface area contributed by atoms with Crippen LogP contribution < -0.4 is 4.74 Å². The van der Waals surface area contributed by atoms with Crippen molar-refractivity contribution in [3.63, 3.8) is 0 Å². The summed E-state index contributed by atoms with van der Waals surface area (Å²) in [6, 6.07) is 1.27. The van der Waals surface area contributed by atoms with Crippen LogP contribution in [0.2, 0.25) is 0 Å². The summed E-state index contributed by atoms with van der Waals surface area (Å²) in [6.45, 7) is 1.65. The number of phenolic OH excluding ortho intramolecular Hbond substituents is 1. The summed E-state index contributed by atoms with van der Waals surface area (Å²) in [6.07, 6.45) is 2.83. The van der Waals surface area contributed by atoms with Gasteiger partial charge in [-0.1, -0.05) is 0 Å². The highest BCUT2D eigenvalue weighted by molar-refractivity contribution is 5.54. The standard InChI is InChI=1S/C12H12FNO3/c1-7-8(12(3-4-12)14-6-15)5-9(13)11(17-2)10(7)16/h5,16H,3-4H2,1-2H3. The summed E-state index contributed by atoms with van der Waals surface area (Å²) in [5.41, 5.74) is 0.313. The van der Waals surface area contributed by atoms with Gasteiger partial charge in [0.1, 0.15) is 0 Å². The molecule has 0 aliphatic heterocycles. The van der Waals surface area contributed by atoms with Gasteiger partial charge >= 0.3 is 0 Å². The molecule has 0 radical (unpaired) electrons. The van der Waals surface area contributed by atoms with Crippen molar-refractivity contribution in [2.45, 2.75) is 25.3 Å². The van der Waals surface area contributed by atoms with E-state index in [9.17, 15) is 14.3 Å². The Morgan fingerprint density at radius 3 is 2.71 bits per heavy atom. The van der Waals surface area contributed by atoms with Gasteiger partial charge in [0, 0.05) is 5.56 Å². The van der Waals surface area contributed by atoms with E-state index in [-0.39, 0.29) is 11.5 Å². The highest BCUT2D eigenvalue weighted by Crippen LogP contribution is 2.52. The summed E-state index contributed by atoms with van der Waals surface area (Å²) in [7, 11) is 1.29. The normalized spacial score (nSPS) is 16.2. The van der Waals surface area contributed by atoms with Crippen molar-refractivity contribution in [1.82, 2.24) is 0 Å². The number of halogens is 1. The fourth-order valence-electron chi connectivity index (χ4n) is 2.04. The molecule has 90 valence electrons. The maximum Gasteiger partial charge on any atom is 0.235 e. The number of methoxy groups -OCH3 is 1. The Morgan fingerprint density at radius 1 is 1.59 bits per heavy atom. The number of aromatic hydroxyl groups is 1. The molecule has 0 atom stereocenters. The van der Waals surface area contributed by atoms with Crippen molar-refractivity contribution >= 4 is 6.08 Å². The second kappa shape index (κ2) is 3.86. The maximum absolute atomic E-state index is 13.7. The zero-order chi connectivity index (χ0) is 12.6. The molecule has 1 aliphatic carbocycles. The van der Waals surface area contributed by atoms with Crippen molar-refractivity contribution in [2.75, 3.05) is 7.11 Å². The van der Waals surface area contributed by atoms with Gasteiger partial charge in [-0.2, -0.15) is 4.99 Å². The molecule has 4 nitrogen and oxygen atoms in total. The molecule has 0 spiro atoms. The van der Waals surface area contributed by atoms with Crippen molar-refractivity contribution in [3.05, 3.63) is 23.0 Å². The molecule has 1 aromatic rings. The lowest BCUT2D eigenvalue weighted by Gasteiger charge is -2.16. The van der Waals surface area contributed by atoms with Gasteiger partial charge in [0.2, 0.25) is 6.08 Å². The number of carbonyl (C=O) groups excluding carboxylic acids is 1. The molecule has 5 heteroatoms. The quantitative estimate of drug-likeness (QED) is 0.647. The van der Waals surface area contributed by atoms with Crippen LogP contribution in [0.4, 0.5) is 4.39 Å². The molecule has 2 rings (SSSR count). The Kier molecular flexibility index (Phi) is 2.63. The summed E-state index contributed by atoms with van der Waals surface area (Å²) in [5, 5.41) is 9.81.